The molecule has 2 N–H and O–H groups in total. The van der Waals surface area contributed by atoms with Gasteiger partial charge < -0.3 is 20.1 Å². The van der Waals surface area contributed by atoms with E-state index >= 15 is 0 Å². The van der Waals surface area contributed by atoms with Crippen LogP contribution in [0.4, 0.5) is 0 Å². The number of hydrogen-bond acceptors (Lipinski definition) is 6. The zero-order valence-electron chi connectivity index (χ0n) is 18.5. The fraction of sp³-hybridized carbons (Fsp3) is 0.545. The van der Waals surface area contributed by atoms with E-state index in [1.54, 1.807) is 0 Å². The number of ether oxygens (including phenoxy) is 2. The van der Waals surface area contributed by atoms with Gasteiger partial charge in [-0.05, 0) is 48.9 Å². The Bertz CT molecular complexity index is 679. The Balaban J connectivity index is 2.85. The van der Waals surface area contributed by atoms with E-state index in [0.29, 0.717) is 24.0 Å². The number of hydrogen-bond donors (Lipinski definition) is 2. The van der Waals surface area contributed by atoms with Crippen LogP contribution in [0.3, 0.4) is 0 Å². The second-order valence-corrected chi connectivity index (χ2v) is 7.93. The van der Waals surface area contributed by atoms with Gasteiger partial charge in [-0.15, -0.1) is 0 Å². The van der Waals surface area contributed by atoms with Gasteiger partial charge in [-0.2, -0.15) is 0 Å². The number of benzene rings is 1. The van der Waals surface area contributed by atoms with Crippen molar-refractivity contribution < 1.29 is 28.7 Å². The fourth-order valence-corrected chi connectivity index (χ4v) is 2.91. The van der Waals surface area contributed by atoms with Crippen molar-refractivity contribution in [1.29, 1.82) is 0 Å². The summed E-state index contributed by atoms with van der Waals surface area (Å²) >= 11 is 0. The predicted octanol–water partition coefficient (Wildman–Crippen LogP) is 2.32. The molecule has 1 aromatic carbocycles. The van der Waals surface area contributed by atoms with E-state index in [1.807, 2.05) is 27.7 Å². The van der Waals surface area contributed by atoms with E-state index in [0.717, 1.165) is 0 Å². The van der Waals surface area contributed by atoms with Crippen molar-refractivity contribution in [1.82, 2.24) is 10.6 Å². The predicted molar refractivity (Wildman–Crippen MR) is 112 cm³/mol. The van der Waals surface area contributed by atoms with E-state index in [4.69, 9.17) is 9.47 Å². The van der Waals surface area contributed by atoms with Crippen LogP contribution in [0.25, 0.3) is 0 Å². The average Bonchev–Trinajstić information content (AvgIpc) is 2.70. The van der Waals surface area contributed by atoms with Gasteiger partial charge in [-0.1, -0.05) is 27.7 Å². The van der Waals surface area contributed by atoms with Gasteiger partial charge in [-0.25, -0.2) is 9.59 Å². The van der Waals surface area contributed by atoms with Gasteiger partial charge in [0.15, 0.2) is 0 Å². The molecule has 166 valence electrons. The van der Waals surface area contributed by atoms with Crippen LogP contribution in [-0.2, 0) is 19.1 Å². The number of rotatable bonds is 10. The molecule has 0 spiro atoms. The molecule has 30 heavy (non-hydrogen) atoms. The van der Waals surface area contributed by atoms with Crippen molar-refractivity contribution in [3.63, 3.8) is 0 Å². The first-order chi connectivity index (χ1) is 14.1. The zero-order valence-corrected chi connectivity index (χ0v) is 18.5. The van der Waals surface area contributed by atoms with Crippen molar-refractivity contribution in [2.24, 2.45) is 11.8 Å². The molecule has 8 heteroatoms. The molecule has 0 aliphatic carbocycles. The number of carbonyl (C=O) groups is 4. The maximum atomic E-state index is 12.5. The second-order valence-electron chi connectivity index (χ2n) is 7.93. The molecule has 0 aliphatic heterocycles. The van der Waals surface area contributed by atoms with E-state index in [2.05, 4.69) is 10.6 Å². The minimum atomic E-state index is -0.748. The summed E-state index contributed by atoms with van der Waals surface area (Å²) in [6, 6.07) is 4.46. The third kappa shape index (κ3) is 7.85. The summed E-state index contributed by atoms with van der Waals surface area (Å²) < 4.78 is 9.50. The van der Waals surface area contributed by atoms with Crippen molar-refractivity contribution in [3.8, 4) is 0 Å². The van der Waals surface area contributed by atoms with E-state index in [9.17, 15) is 19.2 Å². The van der Waals surface area contributed by atoms with E-state index < -0.39 is 35.8 Å². The van der Waals surface area contributed by atoms with Gasteiger partial charge >= 0.3 is 11.9 Å². The summed E-state index contributed by atoms with van der Waals surface area (Å²) in [6.07, 6.45) is 0.896. The van der Waals surface area contributed by atoms with E-state index in [-0.39, 0.29) is 11.8 Å². The summed E-state index contributed by atoms with van der Waals surface area (Å²) in [6.45, 7) is 7.76. The Morgan fingerprint density at radius 2 is 1.00 bits per heavy atom. The largest absolute Gasteiger partial charge is 0.467 e. The average molecular weight is 421 g/mol. The number of carbonyl (C=O) groups excluding carboxylic acids is 4. The van der Waals surface area contributed by atoms with Gasteiger partial charge in [0.1, 0.15) is 12.1 Å². The highest BCUT2D eigenvalue weighted by Gasteiger charge is 2.25. The lowest BCUT2D eigenvalue weighted by Gasteiger charge is -2.19. The number of amides is 2. The Morgan fingerprint density at radius 1 is 0.700 bits per heavy atom. The van der Waals surface area contributed by atoms with Crippen LogP contribution in [0.2, 0.25) is 0 Å². The molecule has 0 unspecified atom stereocenters. The lowest BCUT2D eigenvalue weighted by Crippen LogP contribution is -2.42. The summed E-state index contributed by atoms with van der Waals surface area (Å²) in [5.74, 6) is -1.52. The van der Waals surface area contributed by atoms with Crippen LogP contribution < -0.4 is 10.6 Å². The van der Waals surface area contributed by atoms with Crippen molar-refractivity contribution in [3.05, 3.63) is 35.4 Å². The molecule has 0 heterocycles. The van der Waals surface area contributed by atoms with Crippen LogP contribution in [0.15, 0.2) is 24.3 Å². The fourth-order valence-electron chi connectivity index (χ4n) is 2.91. The van der Waals surface area contributed by atoms with Crippen molar-refractivity contribution >= 4 is 23.8 Å². The lowest BCUT2D eigenvalue weighted by atomic mass is 10.0. The van der Waals surface area contributed by atoms with Gasteiger partial charge in [0.05, 0.1) is 14.2 Å². The van der Waals surface area contributed by atoms with Crippen molar-refractivity contribution in [2.45, 2.75) is 52.6 Å². The topological polar surface area (TPSA) is 111 Å². The summed E-state index contributed by atoms with van der Waals surface area (Å²) in [4.78, 5) is 48.7. The molecule has 0 aliphatic rings. The Kier molecular flexibility index (Phi) is 10.0. The van der Waals surface area contributed by atoms with Crippen LogP contribution in [0.1, 0.15) is 61.3 Å². The van der Waals surface area contributed by atoms with Crippen LogP contribution >= 0.6 is 0 Å². The molecule has 0 fully saturated rings. The maximum absolute atomic E-state index is 12.5. The minimum absolute atomic E-state index is 0.189. The Hall–Kier alpha value is -2.90. The highest BCUT2D eigenvalue weighted by molar-refractivity contribution is 6.00. The number of methoxy groups -OCH3 is 2. The van der Waals surface area contributed by atoms with Gasteiger partial charge in [0.25, 0.3) is 11.8 Å². The molecule has 8 nitrogen and oxygen atoms in total. The molecule has 0 radical (unpaired) electrons. The first-order valence-corrected chi connectivity index (χ1v) is 9.96. The van der Waals surface area contributed by atoms with Crippen LogP contribution in [0, 0.1) is 11.8 Å². The van der Waals surface area contributed by atoms with Gasteiger partial charge in [0.2, 0.25) is 0 Å². The van der Waals surface area contributed by atoms with Crippen LogP contribution in [0.5, 0.6) is 0 Å². The third-order valence-electron chi connectivity index (χ3n) is 4.41. The number of esters is 2. The SMILES string of the molecule is COC(=O)[C@H](CC(C)C)NC(=O)c1ccc(C(=O)N[C@@H](CC(C)C)C(=O)OC)cc1. The summed E-state index contributed by atoms with van der Waals surface area (Å²) in [7, 11) is 2.55. The highest BCUT2D eigenvalue weighted by Crippen LogP contribution is 2.11. The lowest BCUT2D eigenvalue weighted by molar-refractivity contribution is -0.144. The molecule has 1 rings (SSSR count). The van der Waals surface area contributed by atoms with Crippen molar-refractivity contribution in [2.75, 3.05) is 14.2 Å². The summed E-state index contributed by atoms with van der Waals surface area (Å²) in [5.41, 5.74) is 0.604. The Morgan fingerprint density at radius 3 is 1.23 bits per heavy atom. The molecule has 2 amide bonds. The first-order valence-electron chi connectivity index (χ1n) is 9.96. The normalized spacial score (nSPS) is 12.8. The molecular formula is C22H32N2O6. The van der Waals surface area contributed by atoms with Crippen LogP contribution in [-0.4, -0.2) is 50.1 Å². The Labute approximate surface area is 177 Å². The molecule has 0 aromatic heterocycles. The molecule has 2 atom stereocenters. The first kappa shape index (κ1) is 25.1. The zero-order chi connectivity index (χ0) is 22.8. The standard InChI is InChI=1S/C22H32N2O6/c1-13(2)11-17(21(27)29-5)23-19(25)15-7-9-16(10-8-15)20(26)24-18(12-14(3)4)22(28)30-6/h7-10,13-14,17-18H,11-12H2,1-6H3,(H,23,25)(H,24,26)/t17-,18-/m0/s1. The molecule has 1 aromatic rings. The molecule has 0 bridgehead atoms. The minimum Gasteiger partial charge on any atom is -0.467 e. The smallest absolute Gasteiger partial charge is 0.328 e. The second kappa shape index (κ2) is 11.9. The third-order valence-corrected chi connectivity index (χ3v) is 4.41. The van der Waals surface area contributed by atoms with Gasteiger partial charge in [-0.3, -0.25) is 9.59 Å². The number of nitrogens with one attached hydrogen (secondary N) is 2. The van der Waals surface area contributed by atoms with Gasteiger partial charge in [0, 0.05) is 11.1 Å². The molecule has 0 saturated heterocycles. The highest BCUT2D eigenvalue weighted by atomic mass is 16.5. The maximum Gasteiger partial charge on any atom is 0.328 e. The summed E-state index contributed by atoms with van der Waals surface area (Å²) in [5, 5.41) is 5.33. The molecule has 0 saturated carbocycles. The monoisotopic (exact) mass is 420 g/mol. The van der Waals surface area contributed by atoms with E-state index in [1.165, 1.54) is 38.5 Å². The molecular weight excluding hydrogens is 388 g/mol. The quantitative estimate of drug-likeness (QED) is 0.562.